The number of pyridine rings is 2. The first-order valence-electron chi connectivity index (χ1n) is 21.7. The van der Waals surface area contributed by atoms with Crippen LogP contribution in [0, 0.1) is 29.0 Å². The highest BCUT2D eigenvalue weighted by molar-refractivity contribution is 7.22. The highest BCUT2D eigenvalue weighted by Crippen LogP contribution is 2.41. The molecule has 0 unspecified atom stereocenters. The van der Waals surface area contributed by atoms with Crippen LogP contribution in [0.1, 0.15) is 24.5 Å². The Kier molecular flexibility index (Phi) is 12.7. The Morgan fingerprint density at radius 1 is 0.724 bits per heavy atom. The molecule has 10 aromatic rings. The van der Waals surface area contributed by atoms with Gasteiger partial charge in [0, 0.05) is 48.1 Å². The smallest absolute Gasteiger partial charge is 0.453 e. The first-order valence-corrected chi connectivity index (χ1v) is 24.1. The molecule has 10 rings (SSSR count). The molecule has 8 heterocycles. The first kappa shape index (κ1) is 51.3. The summed E-state index contributed by atoms with van der Waals surface area (Å²) in [7, 11) is 3.25. The fraction of sp³-hybridized carbons (Fsp3) is 0.191. The molecule has 0 atom stereocenters. The van der Waals surface area contributed by atoms with Crippen LogP contribution in [0.4, 0.5) is 40.9 Å². The van der Waals surface area contributed by atoms with Gasteiger partial charge in [0.05, 0.1) is 70.7 Å². The Morgan fingerprint density at radius 3 is 1.88 bits per heavy atom. The summed E-state index contributed by atoms with van der Waals surface area (Å²) in [5.41, 5.74) is -6.04. The number of fused-ring (bicyclic) bond motifs is 4. The lowest BCUT2D eigenvalue weighted by Crippen LogP contribution is -2.38. The van der Waals surface area contributed by atoms with E-state index < -0.39 is 87.2 Å². The van der Waals surface area contributed by atoms with Gasteiger partial charge in [-0.2, -0.15) is 36.4 Å². The van der Waals surface area contributed by atoms with E-state index in [1.54, 1.807) is 0 Å². The van der Waals surface area contributed by atoms with Gasteiger partial charge in [0.1, 0.15) is 31.9 Å². The molecule has 29 heteroatoms. The number of nitriles is 1. The van der Waals surface area contributed by atoms with Crippen LogP contribution in [-0.4, -0.2) is 54.4 Å². The van der Waals surface area contributed by atoms with E-state index in [2.05, 4.69) is 30.9 Å². The number of imidazole rings is 2. The van der Waals surface area contributed by atoms with Gasteiger partial charge in [-0.05, 0) is 47.4 Å². The first-order chi connectivity index (χ1) is 36.0. The molecule has 0 bridgehead atoms. The Balaban J connectivity index is 1.12. The summed E-state index contributed by atoms with van der Waals surface area (Å²) >= 11 is 14.4. The van der Waals surface area contributed by atoms with Gasteiger partial charge in [-0.15, -0.1) is 22.7 Å². The number of rotatable bonds is 9. The highest BCUT2D eigenvalue weighted by Gasteiger charge is 2.40. The van der Waals surface area contributed by atoms with Gasteiger partial charge in [-0.3, -0.25) is 23.7 Å². The van der Waals surface area contributed by atoms with Crippen LogP contribution in [-0.2, 0) is 39.5 Å². The quantitative estimate of drug-likeness (QED) is 0.126. The van der Waals surface area contributed by atoms with Crippen LogP contribution in [0.2, 0.25) is 10.0 Å². The number of thiophene rings is 2. The van der Waals surface area contributed by atoms with Gasteiger partial charge in [-0.1, -0.05) is 23.2 Å². The second-order valence-corrected chi connectivity index (χ2v) is 19.4. The number of alkyl halides is 6. The summed E-state index contributed by atoms with van der Waals surface area (Å²) in [4.78, 5) is 78.2. The minimum atomic E-state index is -5.12. The van der Waals surface area contributed by atoms with Crippen LogP contribution >= 0.6 is 45.9 Å². The maximum absolute atomic E-state index is 14.7. The molecule has 17 nitrogen and oxygen atoms in total. The number of hydrogen-bond acceptors (Lipinski definition) is 12. The van der Waals surface area contributed by atoms with Gasteiger partial charge in [0.15, 0.2) is 23.8 Å². The summed E-state index contributed by atoms with van der Waals surface area (Å²) < 4.78 is 124. The molecule has 0 spiro atoms. The van der Waals surface area contributed by atoms with Crippen molar-refractivity contribution in [3.8, 4) is 50.1 Å². The van der Waals surface area contributed by atoms with Crippen LogP contribution in [0.15, 0.2) is 80.2 Å². The molecule has 0 aliphatic carbocycles. The lowest BCUT2D eigenvalue weighted by molar-refractivity contribution is -0.147. The second kappa shape index (κ2) is 18.8. The van der Waals surface area contributed by atoms with Crippen LogP contribution in [0.5, 0.6) is 5.75 Å². The maximum atomic E-state index is 14.7. The molecule has 386 valence electrons. The number of benzene rings is 2. The Morgan fingerprint density at radius 2 is 1.29 bits per heavy atom. The Labute approximate surface area is 435 Å². The molecule has 0 fully saturated rings. The number of aryl methyl sites for hydroxylation is 4. The zero-order chi connectivity index (χ0) is 54.4. The van der Waals surface area contributed by atoms with Crippen LogP contribution in [0.3, 0.4) is 0 Å². The maximum Gasteiger partial charge on any atom is 0.453 e. The summed E-state index contributed by atoms with van der Waals surface area (Å²) in [5, 5.41) is 9.38. The second-order valence-electron chi connectivity index (χ2n) is 16.5. The molecule has 0 N–H and O–H groups in total. The predicted octanol–water partition coefficient (Wildman–Crippen LogP) is 10.2. The zero-order valence-corrected chi connectivity index (χ0v) is 41.8. The third-order valence-corrected chi connectivity index (χ3v) is 15.0. The number of aromatic nitrogens is 10. The minimum absolute atomic E-state index is 0.000152. The van der Waals surface area contributed by atoms with E-state index in [1.165, 1.54) is 31.4 Å². The van der Waals surface area contributed by atoms with Crippen molar-refractivity contribution in [2.24, 2.45) is 14.1 Å². The van der Waals surface area contributed by atoms with E-state index in [4.69, 9.17) is 27.9 Å². The van der Waals surface area contributed by atoms with Crippen molar-refractivity contribution in [2.75, 3.05) is 7.11 Å². The van der Waals surface area contributed by atoms with Crippen molar-refractivity contribution in [2.45, 2.75) is 38.3 Å². The normalized spacial score (nSPS) is 12.1. The molecule has 0 aliphatic heterocycles. The summed E-state index contributed by atoms with van der Waals surface area (Å²) in [6.45, 7) is -0.688. The number of ether oxygens (including phenoxy) is 1. The highest BCUT2D eigenvalue weighted by atomic mass is 35.5. The molecule has 2 aromatic carbocycles. The fourth-order valence-electron chi connectivity index (χ4n) is 8.70. The van der Waals surface area contributed by atoms with Crippen molar-refractivity contribution in [3.05, 3.63) is 141 Å². The largest absolute Gasteiger partial charge is 0.494 e. The van der Waals surface area contributed by atoms with Gasteiger partial charge >= 0.3 is 29.5 Å². The number of methoxy groups -OCH3 is 1. The van der Waals surface area contributed by atoms with E-state index >= 15 is 0 Å². The van der Waals surface area contributed by atoms with Crippen LogP contribution in [0.25, 0.3) is 79.6 Å². The van der Waals surface area contributed by atoms with Crippen molar-refractivity contribution in [1.82, 2.24) is 47.3 Å². The summed E-state index contributed by atoms with van der Waals surface area (Å²) in [5.74, 6) is -4.98. The average Bonchev–Trinajstić information content (AvgIpc) is 4.25. The molecule has 0 saturated heterocycles. The van der Waals surface area contributed by atoms with Gasteiger partial charge in [0.2, 0.25) is 17.2 Å². The van der Waals surface area contributed by atoms with E-state index in [9.17, 15) is 59.6 Å². The standard InChI is InChI=1S/C47H27Cl2F8N12O5S2/c1-64-35-26(62-42(64)46(52,53)54)17-59-18-29(35)68-40(70)37-27(15-32(75-37)21-7-6-20(50)12-23(21)48)67(45(68)73)11-5-9-60-39-34-36(65(2)43(63-34)47(55,56)57)30(19-61-39)69-41(71)38-28(66(44(69)72)10-4-8-58)16-33(76-38)22-13-31(74-3)25(51)14-24(22)49/h6-7,12-19H,4-5,10-11H2,1-3H3/q+1. The topological polar surface area (TPSA) is 187 Å². The van der Waals surface area contributed by atoms with E-state index in [-0.39, 0.29) is 93.2 Å². The van der Waals surface area contributed by atoms with E-state index in [0.717, 1.165) is 82.7 Å². The van der Waals surface area contributed by atoms with Crippen molar-refractivity contribution in [3.63, 3.8) is 0 Å². The average molecular weight is 1130 g/mol. The molecule has 76 heavy (non-hydrogen) atoms. The molecule has 0 radical (unpaired) electrons. The minimum Gasteiger partial charge on any atom is -0.494 e. The van der Waals surface area contributed by atoms with Crippen molar-refractivity contribution in [1.29, 1.82) is 5.26 Å². The number of halogens is 10. The van der Waals surface area contributed by atoms with E-state index in [1.807, 2.05) is 6.07 Å². The fourth-order valence-corrected chi connectivity index (χ4v) is 11.6. The Bertz CT molecular complexity index is 4490. The summed E-state index contributed by atoms with van der Waals surface area (Å²) in [6, 6.07) is 13.1. The number of nitrogens with zero attached hydrogens (tertiary/aromatic N) is 12. The third kappa shape index (κ3) is 8.44. The molecule has 0 amide bonds. The van der Waals surface area contributed by atoms with Crippen molar-refractivity contribution < 1.29 is 39.9 Å². The predicted molar refractivity (Wildman–Crippen MR) is 267 cm³/mol. The Hall–Kier alpha value is -8.24. The van der Waals surface area contributed by atoms with Gasteiger partial charge in [-0.25, -0.2) is 37.5 Å². The number of hydrogen-bond donors (Lipinski definition) is 0. The van der Waals surface area contributed by atoms with Crippen LogP contribution < -0.4 is 27.2 Å². The lowest BCUT2D eigenvalue weighted by Gasteiger charge is -2.12. The molecule has 0 aliphatic rings. The van der Waals surface area contributed by atoms with Gasteiger partial charge < -0.3 is 13.9 Å². The zero-order valence-electron chi connectivity index (χ0n) is 38.6. The van der Waals surface area contributed by atoms with Crippen molar-refractivity contribution >= 4 is 94.2 Å². The monoisotopic (exact) mass is 1130 g/mol. The van der Waals surface area contributed by atoms with E-state index in [0.29, 0.717) is 18.3 Å². The SMILES string of the molecule is COc1cc(-c2cc3c(s2)c(=O)n(-c2cnc([N+]#CCCn4c(=O)n(-c5cncc6nc(C(F)(F)F)n(C)c56)c(=O)c5sc(-c6ccc(F)cc6Cl)cc54)c4nc(C(F)(F)F)n(C)c24)c(=O)n3CCC#N)c(Cl)cc1F. The molecular weight excluding hydrogens is 1100 g/mol. The molecule has 8 aromatic heterocycles. The molecule has 0 saturated carbocycles. The van der Waals surface area contributed by atoms with Gasteiger partial charge in [0.25, 0.3) is 11.1 Å². The third-order valence-electron chi connectivity index (χ3n) is 12.0. The summed E-state index contributed by atoms with van der Waals surface area (Å²) in [6.07, 6.45) is -7.73. The lowest BCUT2D eigenvalue weighted by atomic mass is 10.1. The molecular formula is C47H27Cl2F8N12O5S2+.